The first-order valence-electron chi connectivity index (χ1n) is 6.43. The van der Waals surface area contributed by atoms with Crippen LogP contribution in [-0.4, -0.2) is 29.1 Å². The van der Waals surface area contributed by atoms with E-state index < -0.39 is 0 Å². The third-order valence-electron chi connectivity index (χ3n) is 3.07. The summed E-state index contributed by atoms with van der Waals surface area (Å²) in [5.74, 6) is 0.777. The molecule has 0 bridgehead atoms. The minimum atomic E-state index is 0.720. The number of aryl methyl sites for hydroxylation is 2. The maximum atomic E-state index is 4.53. The molecule has 0 atom stereocenters. The van der Waals surface area contributed by atoms with E-state index in [1.165, 1.54) is 5.56 Å². The van der Waals surface area contributed by atoms with Gasteiger partial charge in [0.2, 0.25) is 0 Å². The fourth-order valence-corrected chi connectivity index (χ4v) is 2.24. The van der Waals surface area contributed by atoms with Crippen LogP contribution < -0.4 is 0 Å². The summed E-state index contributed by atoms with van der Waals surface area (Å²) in [6, 6.07) is 0. The molecule has 0 N–H and O–H groups in total. The SMILES string of the molecule is CCCc1c(Cn2ccnc2)ncn2nc(C)nc12. The molecule has 98 valence electrons. The molecule has 6 nitrogen and oxygen atoms in total. The Kier molecular flexibility index (Phi) is 2.98. The molecule has 3 aromatic rings. The topological polar surface area (TPSA) is 60.9 Å². The lowest BCUT2D eigenvalue weighted by atomic mass is 10.1. The molecule has 0 unspecified atom stereocenters. The second-order valence-corrected chi connectivity index (χ2v) is 4.58. The molecule has 0 saturated heterocycles. The van der Waals surface area contributed by atoms with Crippen LogP contribution in [0.4, 0.5) is 0 Å². The minimum absolute atomic E-state index is 0.720. The largest absolute Gasteiger partial charge is 0.331 e. The van der Waals surface area contributed by atoms with Crippen LogP contribution in [0.5, 0.6) is 0 Å². The van der Waals surface area contributed by atoms with Crippen LogP contribution in [0.15, 0.2) is 25.0 Å². The molecule has 3 heterocycles. The molecule has 0 amide bonds. The van der Waals surface area contributed by atoms with Gasteiger partial charge in [-0.05, 0) is 13.3 Å². The summed E-state index contributed by atoms with van der Waals surface area (Å²) in [5, 5.41) is 4.32. The maximum absolute atomic E-state index is 4.53. The highest BCUT2D eigenvalue weighted by atomic mass is 15.3. The van der Waals surface area contributed by atoms with E-state index in [0.29, 0.717) is 0 Å². The fourth-order valence-electron chi connectivity index (χ4n) is 2.24. The van der Waals surface area contributed by atoms with Crippen molar-refractivity contribution in [2.75, 3.05) is 0 Å². The Hall–Kier alpha value is -2.24. The predicted octanol–water partition coefficient (Wildman–Crippen LogP) is 1.63. The lowest BCUT2D eigenvalue weighted by Crippen LogP contribution is -2.07. The van der Waals surface area contributed by atoms with Crippen LogP contribution in [0.25, 0.3) is 5.65 Å². The molecule has 6 heteroatoms. The molecular formula is C13H16N6. The first-order valence-corrected chi connectivity index (χ1v) is 6.43. The van der Waals surface area contributed by atoms with Gasteiger partial charge in [0, 0.05) is 18.0 Å². The summed E-state index contributed by atoms with van der Waals surface area (Å²) in [7, 11) is 0. The van der Waals surface area contributed by atoms with Crippen LogP contribution in [0.3, 0.4) is 0 Å². The van der Waals surface area contributed by atoms with Gasteiger partial charge in [-0.15, -0.1) is 0 Å². The quantitative estimate of drug-likeness (QED) is 0.712. The molecule has 0 aliphatic rings. The number of hydrogen-bond acceptors (Lipinski definition) is 4. The van der Waals surface area contributed by atoms with Crippen molar-refractivity contribution < 1.29 is 0 Å². The molecule has 0 spiro atoms. The molecule has 0 saturated carbocycles. The zero-order chi connectivity index (χ0) is 13.2. The fraction of sp³-hybridized carbons (Fsp3) is 0.385. The Bertz CT molecular complexity index is 683. The van der Waals surface area contributed by atoms with E-state index in [0.717, 1.165) is 36.6 Å². The number of imidazole rings is 1. The zero-order valence-corrected chi connectivity index (χ0v) is 11.1. The molecule has 3 aromatic heterocycles. The highest BCUT2D eigenvalue weighted by Gasteiger charge is 2.12. The first-order chi connectivity index (χ1) is 9.28. The Balaban J connectivity index is 2.09. The van der Waals surface area contributed by atoms with E-state index in [2.05, 4.69) is 27.0 Å². The maximum Gasteiger partial charge on any atom is 0.162 e. The number of rotatable bonds is 4. The van der Waals surface area contributed by atoms with E-state index in [-0.39, 0.29) is 0 Å². The standard InChI is InChI=1S/C13H16N6/c1-3-4-11-12(7-18-6-5-14-8-18)15-9-19-13(11)16-10(2)17-19/h5-6,8-9H,3-4,7H2,1-2H3. The molecule has 0 fully saturated rings. The summed E-state index contributed by atoms with van der Waals surface area (Å²) < 4.78 is 3.78. The van der Waals surface area contributed by atoms with Gasteiger partial charge in [0.15, 0.2) is 5.65 Å². The molecule has 0 radical (unpaired) electrons. The number of hydrogen-bond donors (Lipinski definition) is 0. The Morgan fingerprint density at radius 3 is 2.89 bits per heavy atom. The van der Waals surface area contributed by atoms with Gasteiger partial charge in [-0.2, -0.15) is 5.10 Å². The molecule has 3 rings (SSSR count). The predicted molar refractivity (Wildman–Crippen MR) is 70.8 cm³/mol. The number of aromatic nitrogens is 6. The van der Waals surface area contributed by atoms with Crippen molar-refractivity contribution in [3.63, 3.8) is 0 Å². The normalized spacial score (nSPS) is 11.3. The summed E-state index contributed by atoms with van der Waals surface area (Å²) >= 11 is 0. The van der Waals surface area contributed by atoms with Crippen LogP contribution in [0, 0.1) is 6.92 Å². The van der Waals surface area contributed by atoms with Crippen molar-refractivity contribution in [2.45, 2.75) is 33.2 Å². The van der Waals surface area contributed by atoms with Crippen LogP contribution >= 0.6 is 0 Å². The summed E-state index contributed by atoms with van der Waals surface area (Å²) in [5.41, 5.74) is 3.14. The first kappa shape index (κ1) is 11.8. The monoisotopic (exact) mass is 256 g/mol. The van der Waals surface area contributed by atoms with Crippen molar-refractivity contribution in [3.05, 3.63) is 42.1 Å². The number of fused-ring (bicyclic) bond motifs is 1. The smallest absolute Gasteiger partial charge is 0.162 e. The van der Waals surface area contributed by atoms with Crippen molar-refractivity contribution in [1.29, 1.82) is 0 Å². The van der Waals surface area contributed by atoms with Crippen LogP contribution in [0.2, 0.25) is 0 Å². The molecule has 0 aliphatic heterocycles. The average molecular weight is 256 g/mol. The summed E-state index contributed by atoms with van der Waals surface area (Å²) in [6.45, 7) is 4.78. The van der Waals surface area contributed by atoms with Gasteiger partial charge in [-0.25, -0.2) is 19.5 Å². The molecule has 0 aromatic carbocycles. The van der Waals surface area contributed by atoms with Crippen LogP contribution in [0.1, 0.15) is 30.4 Å². The van der Waals surface area contributed by atoms with Crippen molar-refractivity contribution in [2.24, 2.45) is 0 Å². The molecular weight excluding hydrogens is 240 g/mol. The Morgan fingerprint density at radius 2 is 2.16 bits per heavy atom. The van der Waals surface area contributed by atoms with E-state index in [1.54, 1.807) is 23.4 Å². The lowest BCUT2D eigenvalue weighted by molar-refractivity contribution is 0.738. The van der Waals surface area contributed by atoms with Crippen molar-refractivity contribution >= 4 is 5.65 Å². The highest BCUT2D eigenvalue weighted by Crippen LogP contribution is 2.16. The van der Waals surface area contributed by atoms with E-state index in [1.807, 2.05) is 17.7 Å². The van der Waals surface area contributed by atoms with Gasteiger partial charge in [0.1, 0.15) is 12.2 Å². The molecule has 19 heavy (non-hydrogen) atoms. The Labute approximate surface area is 111 Å². The van der Waals surface area contributed by atoms with Gasteiger partial charge in [0.05, 0.1) is 18.6 Å². The van der Waals surface area contributed by atoms with Gasteiger partial charge in [0.25, 0.3) is 0 Å². The number of nitrogens with zero attached hydrogens (tertiary/aromatic N) is 6. The second kappa shape index (κ2) is 4.79. The van der Waals surface area contributed by atoms with E-state index in [9.17, 15) is 0 Å². The zero-order valence-electron chi connectivity index (χ0n) is 11.1. The highest BCUT2D eigenvalue weighted by molar-refractivity contribution is 5.49. The lowest BCUT2D eigenvalue weighted by Gasteiger charge is -2.09. The average Bonchev–Trinajstić information content (AvgIpc) is 3.01. The van der Waals surface area contributed by atoms with Gasteiger partial charge in [-0.3, -0.25) is 0 Å². The van der Waals surface area contributed by atoms with E-state index in [4.69, 9.17) is 0 Å². The van der Waals surface area contributed by atoms with Gasteiger partial charge in [-0.1, -0.05) is 13.3 Å². The third-order valence-corrected chi connectivity index (χ3v) is 3.07. The summed E-state index contributed by atoms with van der Waals surface area (Å²) in [4.78, 5) is 13.1. The Morgan fingerprint density at radius 1 is 1.26 bits per heavy atom. The van der Waals surface area contributed by atoms with Gasteiger partial charge >= 0.3 is 0 Å². The van der Waals surface area contributed by atoms with Crippen molar-refractivity contribution in [3.8, 4) is 0 Å². The molecule has 0 aliphatic carbocycles. The second-order valence-electron chi connectivity index (χ2n) is 4.58. The van der Waals surface area contributed by atoms with E-state index >= 15 is 0 Å². The van der Waals surface area contributed by atoms with Crippen molar-refractivity contribution in [1.82, 2.24) is 29.1 Å². The summed E-state index contributed by atoms with van der Waals surface area (Å²) in [6.07, 6.45) is 9.27. The minimum Gasteiger partial charge on any atom is -0.331 e. The third kappa shape index (κ3) is 2.21. The van der Waals surface area contributed by atoms with Crippen LogP contribution in [-0.2, 0) is 13.0 Å². The van der Waals surface area contributed by atoms with Gasteiger partial charge < -0.3 is 4.57 Å².